The maximum atomic E-state index is 11.6. The predicted molar refractivity (Wildman–Crippen MR) is 74.4 cm³/mol. The van der Waals surface area contributed by atoms with E-state index in [0.29, 0.717) is 13.0 Å². The molecule has 18 heavy (non-hydrogen) atoms. The van der Waals surface area contributed by atoms with E-state index in [4.69, 9.17) is 5.73 Å². The number of para-hydroxylation sites is 1. The number of rotatable bonds is 4. The van der Waals surface area contributed by atoms with Gasteiger partial charge >= 0.3 is 0 Å². The summed E-state index contributed by atoms with van der Waals surface area (Å²) in [5, 5.41) is 3.76. The fourth-order valence-corrected chi connectivity index (χ4v) is 2.55. The molecule has 1 aromatic heterocycles. The summed E-state index contributed by atoms with van der Waals surface area (Å²) < 4.78 is 1.14. The van der Waals surface area contributed by atoms with Gasteiger partial charge in [-0.25, -0.2) is 4.98 Å². The number of benzene rings is 1. The third kappa shape index (κ3) is 3.51. The Morgan fingerprint density at radius 1 is 1.44 bits per heavy atom. The third-order valence-electron chi connectivity index (χ3n) is 2.39. The van der Waals surface area contributed by atoms with E-state index in [1.807, 2.05) is 38.1 Å². The van der Waals surface area contributed by atoms with Crippen molar-refractivity contribution in [3.8, 4) is 0 Å². The Labute approximate surface area is 110 Å². The molecule has 0 aliphatic rings. The number of hydrogen-bond donors (Lipinski definition) is 2. The monoisotopic (exact) mass is 263 g/mol. The lowest BCUT2D eigenvalue weighted by molar-refractivity contribution is -0.122. The molecular formula is C13H17N3OS. The van der Waals surface area contributed by atoms with Gasteiger partial charge in [0.25, 0.3) is 0 Å². The summed E-state index contributed by atoms with van der Waals surface area (Å²) in [4.78, 5) is 16.1. The van der Waals surface area contributed by atoms with Gasteiger partial charge in [-0.3, -0.25) is 4.79 Å². The van der Waals surface area contributed by atoms with Crippen molar-refractivity contribution in [3.05, 3.63) is 29.3 Å². The van der Waals surface area contributed by atoms with Gasteiger partial charge in [-0.1, -0.05) is 12.1 Å². The molecule has 1 amide bonds. The molecule has 2 rings (SSSR count). The summed E-state index contributed by atoms with van der Waals surface area (Å²) in [7, 11) is 0. The number of nitrogens with zero attached hydrogens (tertiary/aromatic N) is 1. The van der Waals surface area contributed by atoms with Gasteiger partial charge in [0.2, 0.25) is 5.91 Å². The molecule has 0 saturated carbocycles. The van der Waals surface area contributed by atoms with E-state index in [2.05, 4.69) is 10.3 Å². The molecule has 0 spiro atoms. The van der Waals surface area contributed by atoms with Crippen LogP contribution in [0, 0.1) is 0 Å². The Bertz CT molecular complexity index is 524. The van der Waals surface area contributed by atoms with Crippen molar-refractivity contribution in [1.29, 1.82) is 0 Å². The molecule has 0 radical (unpaired) electrons. The SMILES string of the molecule is CC(C)(N)CC(=O)NCc1nc2ccccc2s1. The van der Waals surface area contributed by atoms with E-state index in [0.717, 1.165) is 15.2 Å². The fraction of sp³-hybridized carbons (Fsp3) is 0.385. The first kappa shape index (κ1) is 13.0. The van der Waals surface area contributed by atoms with E-state index < -0.39 is 5.54 Å². The molecular weight excluding hydrogens is 246 g/mol. The van der Waals surface area contributed by atoms with Crippen LogP contribution in [0.1, 0.15) is 25.3 Å². The van der Waals surface area contributed by atoms with E-state index in [1.165, 1.54) is 0 Å². The Morgan fingerprint density at radius 2 is 2.17 bits per heavy atom. The molecule has 96 valence electrons. The summed E-state index contributed by atoms with van der Waals surface area (Å²) in [6.45, 7) is 4.14. The zero-order valence-corrected chi connectivity index (χ0v) is 11.4. The van der Waals surface area contributed by atoms with Gasteiger partial charge in [0.15, 0.2) is 0 Å². The molecule has 0 saturated heterocycles. The number of fused-ring (bicyclic) bond motifs is 1. The first-order valence-corrected chi connectivity index (χ1v) is 6.66. The predicted octanol–water partition coefficient (Wildman–Crippen LogP) is 2.04. The molecule has 0 aliphatic heterocycles. The lowest BCUT2D eigenvalue weighted by atomic mass is 10.0. The van der Waals surface area contributed by atoms with Gasteiger partial charge in [0, 0.05) is 12.0 Å². The maximum Gasteiger partial charge on any atom is 0.222 e. The molecule has 4 nitrogen and oxygen atoms in total. The molecule has 1 heterocycles. The lowest BCUT2D eigenvalue weighted by Crippen LogP contribution is -2.38. The summed E-state index contributed by atoms with van der Waals surface area (Å²) >= 11 is 1.60. The number of carbonyl (C=O) groups excluding carboxylic acids is 1. The Morgan fingerprint density at radius 3 is 2.83 bits per heavy atom. The van der Waals surface area contributed by atoms with Crippen LogP contribution < -0.4 is 11.1 Å². The number of carbonyl (C=O) groups is 1. The van der Waals surface area contributed by atoms with Gasteiger partial charge in [0.1, 0.15) is 5.01 Å². The first-order chi connectivity index (χ1) is 8.44. The average molecular weight is 263 g/mol. The summed E-state index contributed by atoms with van der Waals surface area (Å²) in [5.74, 6) is -0.0400. The van der Waals surface area contributed by atoms with E-state index in [9.17, 15) is 4.79 Å². The van der Waals surface area contributed by atoms with Crippen LogP contribution in [0.15, 0.2) is 24.3 Å². The third-order valence-corrected chi connectivity index (χ3v) is 3.43. The molecule has 0 atom stereocenters. The van der Waals surface area contributed by atoms with Crippen molar-refractivity contribution in [1.82, 2.24) is 10.3 Å². The number of thiazole rings is 1. The van der Waals surface area contributed by atoms with Crippen molar-refractivity contribution in [2.45, 2.75) is 32.4 Å². The topological polar surface area (TPSA) is 68.0 Å². The van der Waals surface area contributed by atoms with Gasteiger partial charge in [-0.05, 0) is 26.0 Å². The van der Waals surface area contributed by atoms with Gasteiger partial charge in [0.05, 0.1) is 16.8 Å². The van der Waals surface area contributed by atoms with Crippen molar-refractivity contribution < 1.29 is 4.79 Å². The number of amides is 1. The minimum absolute atomic E-state index is 0.0400. The molecule has 1 aromatic carbocycles. The average Bonchev–Trinajstić information content (AvgIpc) is 2.66. The van der Waals surface area contributed by atoms with E-state index in [-0.39, 0.29) is 5.91 Å². The second-order valence-electron chi connectivity index (χ2n) is 5.02. The molecule has 3 N–H and O–H groups in total. The van der Waals surface area contributed by atoms with Gasteiger partial charge in [-0.15, -0.1) is 11.3 Å². The molecule has 2 aromatic rings. The molecule has 0 aliphatic carbocycles. The Balaban J connectivity index is 1.96. The van der Waals surface area contributed by atoms with Crippen molar-refractivity contribution in [2.24, 2.45) is 5.73 Å². The highest BCUT2D eigenvalue weighted by Crippen LogP contribution is 2.21. The van der Waals surface area contributed by atoms with Crippen molar-refractivity contribution >= 4 is 27.5 Å². The number of aromatic nitrogens is 1. The van der Waals surface area contributed by atoms with Crippen LogP contribution in [0.3, 0.4) is 0 Å². The molecule has 0 fully saturated rings. The van der Waals surface area contributed by atoms with Crippen LogP contribution in [-0.2, 0) is 11.3 Å². The number of hydrogen-bond acceptors (Lipinski definition) is 4. The second-order valence-corrected chi connectivity index (χ2v) is 6.13. The molecule has 0 bridgehead atoms. The maximum absolute atomic E-state index is 11.6. The van der Waals surface area contributed by atoms with E-state index in [1.54, 1.807) is 11.3 Å². The smallest absolute Gasteiger partial charge is 0.222 e. The number of nitrogens with two attached hydrogens (primary N) is 1. The summed E-state index contributed by atoms with van der Waals surface area (Å²) in [5.41, 5.74) is 6.30. The van der Waals surface area contributed by atoms with Crippen molar-refractivity contribution in [2.75, 3.05) is 0 Å². The number of nitrogens with one attached hydrogen (secondary N) is 1. The molecule has 0 unspecified atom stereocenters. The van der Waals surface area contributed by atoms with Crippen LogP contribution >= 0.6 is 11.3 Å². The first-order valence-electron chi connectivity index (χ1n) is 5.84. The standard InChI is InChI=1S/C13H17N3OS/c1-13(2,14)7-11(17)15-8-12-16-9-5-3-4-6-10(9)18-12/h3-6H,7-8,14H2,1-2H3,(H,15,17). The van der Waals surface area contributed by atoms with Gasteiger partial charge < -0.3 is 11.1 Å². The van der Waals surface area contributed by atoms with Crippen molar-refractivity contribution in [3.63, 3.8) is 0 Å². The highest BCUT2D eigenvalue weighted by Gasteiger charge is 2.16. The lowest BCUT2D eigenvalue weighted by Gasteiger charge is -2.17. The largest absolute Gasteiger partial charge is 0.350 e. The van der Waals surface area contributed by atoms with Crippen LogP contribution in [0.4, 0.5) is 0 Å². The molecule has 5 heteroatoms. The summed E-state index contributed by atoms with van der Waals surface area (Å²) in [6.07, 6.45) is 0.317. The second kappa shape index (κ2) is 5.04. The normalized spacial score (nSPS) is 11.7. The highest BCUT2D eigenvalue weighted by molar-refractivity contribution is 7.18. The quantitative estimate of drug-likeness (QED) is 0.887. The fourth-order valence-electron chi connectivity index (χ4n) is 1.65. The highest BCUT2D eigenvalue weighted by atomic mass is 32.1. The minimum atomic E-state index is -0.475. The summed E-state index contributed by atoms with van der Waals surface area (Å²) in [6, 6.07) is 7.95. The van der Waals surface area contributed by atoms with Crippen LogP contribution in [-0.4, -0.2) is 16.4 Å². The zero-order valence-electron chi connectivity index (χ0n) is 10.6. The van der Waals surface area contributed by atoms with Crippen LogP contribution in [0.5, 0.6) is 0 Å². The zero-order chi connectivity index (χ0) is 13.2. The van der Waals surface area contributed by atoms with Crippen LogP contribution in [0.25, 0.3) is 10.2 Å². The van der Waals surface area contributed by atoms with E-state index >= 15 is 0 Å². The Kier molecular flexibility index (Phi) is 3.63. The Hall–Kier alpha value is -1.46. The minimum Gasteiger partial charge on any atom is -0.350 e. The van der Waals surface area contributed by atoms with Crippen LogP contribution in [0.2, 0.25) is 0 Å². The van der Waals surface area contributed by atoms with Gasteiger partial charge in [-0.2, -0.15) is 0 Å².